The zero-order chi connectivity index (χ0) is 14.1. The van der Waals surface area contributed by atoms with Crippen molar-refractivity contribution >= 4 is 11.0 Å². The lowest BCUT2D eigenvalue weighted by Crippen LogP contribution is -2.16. The van der Waals surface area contributed by atoms with Crippen LogP contribution in [0.25, 0.3) is 11.0 Å². The molecule has 0 saturated heterocycles. The van der Waals surface area contributed by atoms with Crippen LogP contribution in [0.4, 0.5) is 0 Å². The number of methoxy groups -OCH3 is 1. The highest BCUT2D eigenvalue weighted by molar-refractivity contribution is 5.83. The molecule has 0 bridgehead atoms. The molecule has 1 N–H and O–H groups in total. The van der Waals surface area contributed by atoms with Crippen LogP contribution in [0.2, 0.25) is 0 Å². The van der Waals surface area contributed by atoms with Gasteiger partial charge in [0, 0.05) is 17.0 Å². The number of hydrogen-bond acceptors (Lipinski definition) is 3. The molecule has 108 valence electrons. The molecular weight excluding hydrogens is 250 g/mol. The van der Waals surface area contributed by atoms with Crippen molar-refractivity contribution in [3.05, 3.63) is 29.5 Å². The molecule has 0 amide bonds. The van der Waals surface area contributed by atoms with Crippen molar-refractivity contribution in [3.63, 3.8) is 0 Å². The Morgan fingerprint density at radius 2 is 2.15 bits per heavy atom. The molecule has 0 atom stereocenters. The van der Waals surface area contributed by atoms with Crippen molar-refractivity contribution in [1.82, 2.24) is 5.32 Å². The Morgan fingerprint density at radius 3 is 2.80 bits per heavy atom. The van der Waals surface area contributed by atoms with E-state index in [0.717, 1.165) is 30.1 Å². The average molecular weight is 273 g/mol. The number of benzene rings is 1. The van der Waals surface area contributed by atoms with Gasteiger partial charge in [0.05, 0.1) is 13.7 Å². The lowest BCUT2D eigenvalue weighted by atomic mass is 9.99. The summed E-state index contributed by atoms with van der Waals surface area (Å²) in [4.78, 5) is 0. The molecule has 0 spiro atoms. The summed E-state index contributed by atoms with van der Waals surface area (Å²) in [5.41, 5.74) is 2.30. The maximum absolute atomic E-state index is 6.06. The second-order valence-electron chi connectivity index (χ2n) is 6.12. The number of fused-ring (bicyclic) bond motifs is 1. The highest BCUT2D eigenvalue weighted by Gasteiger charge is 2.22. The predicted octanol–water partition coefficient (Wildman–Crippen LogP) is 3.89. The Bertz CT molecular complexity index is 596. The van der Waals surface area contributed by atoms with Crippen LogP contribution in [-0.2, 0) is 13.0 Å². The van der Waals surface area contributed by atoms with Crippen molar-refractivity contribution in [2.75, 3.05) is 7.11 Å². The fraction of sp³-hybridized carbons (Fsp3) is 0.529. The highest BCUT2D eigenvalue weighted by Crippen LogP contribution is 2.31. The summed E-state index contributed by atoms with van der Waals surface area (Å²) < 4.78 is 11.4. The van der Waals surface area contributed by atoms with Crippen LogP contribution in [-0.4, -0.2) is 13.2 Å². The van der Waals surface area contributed by atoms with Crippen molar-refractivity contribution in [1.29, 1.82) is 0 Å². The van der Waals surface area contributed by atoms with Gasteiger partial charge in [0.25, 0.3) is 0 Å². The third-order valence-electron chi connectivity index (χ3n) is 3.82. The SMILES string of the molecule is COc1ccc2oc(CNC3CC3)c(CC(C)C)c2c1. The molecule has 3 heteroatoms. The van der Waals surface area contributed by atoms with E-state index in [1.54, 1.807) is 7.11 Å². The summed E-state index contributed by atoms with van der Waals surface area (Å²) in [6.45, 7) is 5.33. The first-order valence-electron chi connectivity index (χ1n) is 7.49. The molecule has 2 aromatic rings. The van der Waals surface area contributed by atoms with Crippen LogP contribution in [0.1, 0.15) is 38.0 Å². The highest BCUT2D eigenvalue weighted by atomic mass is 16.5. The minimum atomic E-state index is 0.613. The zero-order valence-electron chi connectivity index (χ0n) is 12.5. The van der Waals surface area contributed by atoms with E-state index in [4.69, 9.17) is 9.15 Å². The largest absolute Gasteiger partial charge is 0.497 e. The summed E-state index contributed by atoms with van der Waals surface area (Å²) in [5.74, 6) is 2.60. The minimum absolute atomic E-state index is 0.613. The predicted molar refractivity (Wildman–Crippen MR) is 81.2 cm³/mol. The maximum atomic E-state index is 6.06. The van der Waals surface area contributed by atoms with Crippen molar-refractivity contribution in [3.8, 4) is 5.75 Å². The molecule has 20 heavy (non-hydrogen) atoms. The van der Waals surface area contributed by atoms with Crippen molar-refractivity contribution < 1.29 is 9.15 Å². The van der Waals surface area contributed by atoms with Gasteiger partial charge >= 0.3 is 0 Å². The van der Waals surface area contributed by atoms with Crippen LogP contribution in [0, 0.1) is 5.92 Å². The lowest BCUT2D eigenvalue weighted by molar-refractivity contribution is 0.415. The van der Waals surface area contributed by atoms with Crippen LogP contribution in [0.3, 0.4) is 0 Å². The number of ether oxygens (including phenoxy) is 1. The first-order valence-corrected chi connectivity index (χ1v) is 7.49. The van der Waals surface area contributed by atoms with Gasteiger partial charge in [-0.2, -0.15) is 0 Å². The molecule has 0 radical (unpaired) electrons. The van der Waals surface area contributed by atoms with E-state index < -0.39 is 0 Å². The van der Waals surface area contributed by atoms with Gasteiger partial charge in [-0.1, -0.05) is 13.8 Å². The van der Waals surface area contributed by atoms with E-state index >= 15 is 0 Å². The Labute approximate surface area is 120 Å². The maximum Gasteiger partial charge on any atom is 0.134 e. The Morgan fingerprint density at radius 1 is 1.35 bits per heavy atom. The van der Waals surface area contributed by atoms with Crippen molar-refractivity contribution in [2.24, 2.45) is 5.92 Å². The molecule has 1 aliphatic rings. The fourth-order valence-electron chi connectivity index (χ4n) is 2.60. The lowest BCUT2D eigenvalue weighted by Gasteiger charge is -2.07. The summed E-state index contributed by atoms with van der Waals surface area (Å²) in [7, 11) is 1.71. The van der Waals surface area contributed by atoms with Gasteiger partial charge in [-0.25, -0.2) is 0 Å². The quantitative estimate of drug-likeness (QED) is 0.867. The van der Waals surface area contributed by atoms with E-state index in [0.29, 0.717) is 12.0 Å². The summed E-state index contributed by atoms with van der Waals surface area (Å²) >= 11 is 0. The summed E-state index contributed by atoms with van der Waals surface area (Å²) in [5, 5.41) is 4.75. The number of hydrogen-bond donors (Lipinski definition) is 1. The molecular formula is C17H23NO2. The van der Waals surface area contributed by atoms with Gasteiger partial charge in [0.2, 0.25) is 0 Å². The standard InChI is InChI=1S/C17H23NO2/c1-11(2)8-14-15-9-13(19-3)6-7-16(15)20-17(14)10-18-12-4-5-12/h6-7,9,11-12,18H,4-5,8,10H2,1-3H3. The molecule has 3 nitrogen and oxygen atoms in total. The molecule has 1 heterocycles. The van der Waals surface area contributed by atoms with Crippen LogP contribution in [0.5, 0.6) is 5.75 Å². The molecule has 1 saturated carbocycles. The first-order chi connectivity index (χ1) is 9.67. The number of furan rings is 1. The van der Waals surface area contributed by atoms with E-state index in [1.807, 2.05) is 12.1 Å². The molecule has 1 aromatic carbocycles. The Balaban J connectivity index is 1.97. The fourth-order valence-corrected chi connectivity index (χ4v) is 2.60. The second-order valence-corrected chi connectivity index (χ2v) is 6.12. The molecule has 1 aliphatic carbocycles. The summed E-state index contributed by atoms with van der Waals surface area (Å²) in [6.07, 6.45) is 3.64. The average Bonchev–Trinajstić information content (AvgIpc) is 3.20. The topological polar surface area (TPSA) is 34.4 Å². The number of rotatable bonds is 6. The Hall–Kier alpha value is -1.48. The summed E-state index contributed by atoms with van der Waals surface area (Å²) in [6, 6.07) is 6.77. The molecule has 0 aliphatic heterocycles. The monoisotopic (exact) mass is 273 g/mol. The van der Waals surface area contributed by atoms with E-state index in [9.17, 15) is 0 Å². The third kappa shape index (κ3) is 2.83. The van der Waals surface area contributed by atoms with Gasteiger partial charge in [0.1, 0.15) is 17.1 Å². The molecule has 0 unspecified atom stereocenters. The van der Waals surface area contributed by atoms with Gasteiger partial charge < -0.3 is 14.5 Å². The first kappa shape index (κ1) is 13.5. The third-order valence-corrected chi connectivity index (χ3v) is 3.82. The minimum Gasteiger partial charge on any atom is -0.497 e. The van der Waals surface area contributed by atoms with Crippen LogP contribution >= 0.6 is 0 Å². The van der Waals surface area contributed by atoms with Crippen LogP contribution in [0.15, 0.2) is 22.6 Å². The van der Waals surface area contributed by atoms with E-state index in [2.05, 4.69) is 25.2 Å². The van der Waals surface area contributed by atoms with Crippen LogP contribution < -0.4 is 10.1 Å². The second kappa shape index (κ2) is 5.49. The number of nitrogens with one attached hydrogen (secondary N) is 1. The molecule has 3 rings (SSSR count). The van der Waals surface area contributed by atoms with Gasteiger partial charge in [0.15, 0.2) is 0 Å². The zero-order valence-corrected chi connectivity index (χ0v) is 12.5. The van der Waals surface area contributed by atoms with Gasteiger partial charge in [-0.05, 0) is 43.4 Å². The molecule has 1 fully saturated rings. The van der Waals surface area contributed by atoms with Gasteiger partial charge in [-0.3, -0.25) is 0 Å². The van der Waals surface area contributed by atoms with Crippen molar-refractivity contribution in [2.45, 2.75) is 45.7 Å². The normalized spacial score (nSPS) is 15.2. The van der Waals surface area contributed by atoms with E-state index in [1.165, 1.54) is 23.8 Å². The smallest absolute Gasteiger partial charge is 0.134 e. The van der Waals surface area contributed by atoms with E-state index in [-0.39, 0.29) is 0 Å². The van der Waals surface area contributed by atoms with Gasteiger partial charge in [-0.15, -0.1) is 0 Å². The Kier molecular flexibility index (Phi) is 3.70. The molecule has 1 aromatic heterocycles.